The van der Waals surface area contributed by atoms with Crippen molar-refractivity contribution < 1.29 is 0 Å². The highest BCUT2D eigenvalue weighted by Crippen LogP contribution is 2.31. The van der Waals surface area contributed by atoms with E-state index in [0.29, 0.717) is 39.6 Å². The van der Waals surface area contributed by atoms with E-state index in [1.165, 1.54) is 11.8 Å². The number of anilines is 2. The number of hydrogen-bond acceptors (Lipinski definition) is 7. The van der Waals surface area contributed by atoms with E-state index < -0.39 is 0 Å². The van der Waals surface area contributed by atoms with E-state index in [9.17, 15) is 5.26 Å². The molecule has 0 amide bonds. The summed E-state index contributed by atoms with van der Waals surface area (Å²) >= 11 is 7.42. The van der Waals surface area contributed by atoms with Crippen LogP contribution in [0.2, 0.25) is 5.02 Å². The predicted octanol–water partition coefficient (Wildman–Crippen LogP) is 6.65. The van der Waals surface area contributed by atoms with Gasteiger partial charge in [0, 0.05) is 28.2 Å². The highest BCUT2D eigenvalue weighted by Gasteiger charge is 2.17. The molecule has 0 aliphatic rings. The zero-order chi connectivity index (χ0) is 25.6. The minimum atomic E-state index is 0.394. The first-order valence-electron chi connectivity index (χ1n) is 11.5. The Bertz CT molecular complexity index is 1540. The van der Waals surface area contributed by atoms with Gasteiger partial charge in [0.15, 0.2) is 11.0 Å². The van der Waals surface area contributed by atoms with Crippen LogP contribution in [0.15, 0.2) is 90.2 Å². The molecule has 0 aliphatic carbocycles. The second-order valence-corrected chi connectivity index (χ2v) is 9.75. The molecule has 0 bridgehead atoms. The lowest BCUT2D eigenvalue weighted by Gasteiger charge is -2.13. The fourth-order valence-corrected chi connectivity index (χ4v) is 4.52. The minimum Gasteiger partial charge on any atom is -0.339 e. The Morgan fingerprint density at radius 2 is 1.73 bits per heavy atom. The lowest BCUT2D eigenvalue weighted by Crippen LogP contribution is -2.03. The van der Waals surface area contributed by atoms with Gasteiger partial charge in [-0.1, -0.05) is 88.7 Å². The molecule has 0 saturated heterocycles. The molecule has 0 atom stereocenters. The van der Waals surface area contributed by atoms with Crippen molar-refractivity contribution >= 4 is 34.9 Å². The predicted molar refractivity (Wildman–Crippen MR) is 147 cm³/mol. The molecule has 0 aliphatic heterocycles. The van der Waals surface area contributed by atoms with E-state index in [-0.39, 0.29) is 0 Å². The van der Waals surface area contributed by atoms with Crippen molar-refractivity contribution in [2.75, 3.05) is 5.32 Å². The summed E-state index contributed by atoms with van der Waals surface area (Å²) in [6.45, 7) is 2.63. The first kappa shape index (κ1) is 24.5. The van der Waals surface area contributed by atoms with E-state index in [0.717, 1.165) is 28.1 Å². The third-order valence-electron chi connectivity index (χ3n) is 5.55. The molecule has 0 radical (unpaired) electrons. The average molecular weight is 524 g/mol. The molecular formula is C28H22ClN7S. The molecule has 0 spiro atoms. The van der Waals surface area contributed by atoms with Crippen LogP contribution in [0.4, 0.5) is 11.5 Å². The Morgan fingerprint density at radius 3 is 2.46 bits per heavy atom. The molecule has 1 N–H and O–H groups in total. The Balaban J connectivity index is 1.40. The summed E-state index contributed by atoms with van der Waals surface area (Å²) in [6, 6.07) is 27.6. The van der Waals surface area contributed by atoms with Gasteiger partial charge in [-0.2, -0.15) is 5.26 Å². The van der Waals surface area contributed by atoms with E-state index in [1.807, 2.05) is 92.0 Å². The molecule has 2 heterocycles. The van der Waals surface area contributed by atoms with Gasteiger partial charge in [-0.25, -0.2) is 14.6 Å². The maximum absolute atomic E-state index is 10.0. The van der Waals surface area contributed by atoms with Crippen molar-refractivity contribution in [2.45, 2.75) is 24.4 Å². The van der Waals surface area contributed by atoms with Crippen molar-refractivity contribution in [2.24, 2.45) is 0 Å². The molecular weight excluding hydrogens is 502 g/mol. The average Bonchev–Trinajstić information content (AvgIpc) is 3.37. The van der Waals surface area contributed by atoms with Crippen LogP contribution in [0, 0.1) is 18.3 Å². The fourth-order valence-electron chi connectivity index (χ4n) is 3.68. The van der Waals surface area contributed by atoms with Gasteiger partial charge in [-0.3, -0.25) is 0 Å². The monoisotopic (exact) mass is 523 g/mol. The zero-order valence-corrected chi connectivity index (χ0v) is 21.5. The molecule has 0 fully saturated rings. The molecule has 37 heavy (non-hydrogen) atoms. The number of thioether (sulfide) groups is 1. The number of nitriles is 1. The lowest BCUT2D eigenvalue weighted by atomic mass is 10.1. The third kappa shape index (κ3) is 6.15. The molecule has 7 nitrogen and oxygen atoms in total. The topological polar surface area (TPSA) is 92.3 Å². The molecule has 5 aromatic rings. The number of nitrogens with zero attached hydrogens (tertiary/aromatic N) is 6. The summed E-state index contributed by atoms with van der Waals surface area (Å²) in [5, 5.41) is 23.1. The van der Waals surface area contributed by atoms with Gasteiger partial charge < -0.3 is 5.32 Å². The second kappa shape index (κ2) is 11.2. The van der Waals surface area contributed by atoms with Crippen molar-refractivity contribution in [1.82, 2.24) is 25.0 Å². The van der Waals surface area contributed by atoms with Crippen LogP contribution in [-0.2, 0) is 12.3 Å². The van der Waals surface area contributed by atoms with Crippen molar-refractivity contribution in [1.29, 1.82) is 5.26 Å². The minimum absolute atomic E-state index is 0.394. The molecule has 5 rings (SSSR count). The number of nitrogens with one attached hydrogen (secondary N) is 1. The van der Waals surface area contributed by atoms with Gasteiger partial charge in [0.2, 0.25) is 0 Å². The number of rotatable bonds is 8. The van der Waals surface area contributed by atoms with Gasteiger partial charge in [-0.15, -0.1) is 5.10 Å². The van der Waals surface area contributed by atoms with E-state index >= 15 is 0 Å². The Labute approximate surface area is 224 Å². The molecule has 3 aromatic carbocycles. The lowest BCUT2D eigenvalue weighted by molar-refractivity contribution is 0.649. The zero-order valence-electron chi connectivity index (χ0n) is 20.0. The highest BCUT2D eigenvalue weighted by molar-refractivity contribution is 7.98. The van der Waals surface area contributed by atoms with Crippen LogP contribution in [0.5, 0.6) is 0 Å². The summed E-state index contributed by atoms with van der Waals surface area (Å²) in [7, 11) is 0. The molecule has 182 valence electrons. The number of hydrogen-bond donors (Lipinski definition) is 1. The standard InChI is InChI=1S/C28H22ClN7S/c1-19-7-13-23(14-8-19)31-27-25(15-30)26(21-5-3-2-4-6-21)32-28(33-27)37-18-24-17-36(35-34-24)16-20-9-11-22(29)12-10-20/h2-14,17H,16,18H2,1H3,(H,31,32,33). The molecule has 0 unspecified atom stereocenters. The Kier molecular flexibility index (Phi) is 7.45. The van der Waals surface area contributed by atoms with Gasteiger partial charge >= 0.3 is 0 Å². The van der Waals surface area contributed by atoms with E-state index in [2.05, 4.69) is 21.7 Å². The molecule has 0 saturated carbocycles. The van der Waals surface area contributed by atoms with Crippen molar-refractivity contribution in [3.05, 3.63) is 112 Å². The van der Waals surface area contributed by atoms with Crippen LogP contribution in [0.25, 0.3) is 11.3 Å². The maximum Gasteiger partial charge on any atom is 0.190 e. The summed E-state index contributed by atoms with van der Waals surface area (Å²) in [5.41, 5.74) is 5.72. The SMILES string of the molecule is Cc1ccc(Nc2nc(SCc3cn(Cc4ccc(Cl)cc4)nn3)nc(-c3ccccc3)c2C#N)cc1. The highest BCUT2D eigenvalue weighted by atomic mass is 35.5. The smallest absolute Gasteiger partial charge is 0.190 e. The summed E-state index contributed by atoms with van der Waals surface area (Å²) in [5.74, 6) is 0.999. The first-order chi connectivity index (χ1) is 18.1. The summed E-state index contributed by atoms with van der Waals surface area (Å²) < 4.78 is 1.79. The number of aryl methyl sites for hydroxylation is 1. The number of halogens is 1. The fraction of sp³-hybridized carbons (Fsp3) is 0.107. The third-order valence-corrected chi connectivity index (χ3v) is 6.69. The first-order valence-corrected chi connectivity index (χ1v) is 12.9. The Morgan fingerprint density at radius 1 is 0.973 bits per heavy atom. The summed E-state index contributed by atoms with van der Waals surface area (Å²) in [6.07, 6.45) is 1.91. The van der Waals surface area contributed by atoms with Crippen LogP contribution in [0.3, 0.4) is 0 Å². The van der Waals surface area contributed by atoms with Gasteiger partial charge in [0.05, 0.1) is 17.9 Å². The van der Waals surface area contributed by atoms with Crippen molar-refractivity contribution in [3.63, 3.8) is 0 Å². The Hall–Kier alpha value is -4.19. The largest absolute Gasteiger partial charge is 0.339 e. The number of benzene rings is 3. The van der Waals surface area contributed by atoms with Crippen LogP contribution >= 0.6 is 23.4 Å². The van der Waals surface area contributed by atoms with Gasteiger partial charge in [0.1, 0.15) is 11.6 Å². The van der Waals surface area contributed by atoms with E-state index in [4.69, 9.17) is 21.6 Å². The van der Waals surface area contributed by atoms with Crippen LogP contribution < -0.4 is 5.32 Å². The van der Waals surface area contributed by atoms with Crippen LogP contribution in [0.1, 0.15) is 22.4 Å². The van der Waals surface area contributed by atoms with Gasteiger partial charge in [0.25, 0.3) is 0 Å². The van der Waals surface area contributed by atoms with E-state index in [1.54, 1.807) is 4.68 Å². The second-order valence-electron chi connectivity index (χ2n) is 8.37. The number of aromatic nitrogens is 5. The summed E-state index contributed by atoms with van der Waals surface area (Å²) in [4.78, 5) is 9.45. The maximum atomic E-state index is 10.0. The molecule has 9 heteroatoms. The van der Waals surface area contributed by atoms with Crippen molar-refractivity contribution in [3.8, 4) is 17.3 Å². The van der Waals surface area contributed by atoms with Gasteiger partial charge in [-0.05, 0) is 36.8 Å². The normalized spacial score (nSPS) is 10.7. The quantitative estimate of drug-likeness (QED) is 0.180. The van der Waals surface area contributed by atoms with Crippen LogP contribution in [-0.4, -0.2) is 25.0 Å². The molecule has 2 aromatic heterocycles.